The predicted molar refractivity (Wildman–Crippen MR) is 69.7 cm³/mol. The largest absolute Gasteiger partial charge is 0.383 e. The zero-order chi connectivity index (χ0) is 13.3. The van der Waals surface area contributed by atoms with Crippen molar-refractivity contribution in [3.63, 3.8) is 0 Å². The second-order valence-electron chi connectivity index (χ2n) is 3.65. The van der Waals surface area contributed by atoms with E-state index in [0.717, 1.165) is 0 Å². The van der Waals surface area contributed by atoms with Crippen LogP contribution < -0.4 is 11.1 Å². The van der Waals surface area contributed by atoms with E-state index in [1.807, 2.05) is 0 Å². The first kappa shape index (κ1) is 12.6. The summed E-state index contributed by atoms with van der Waals surface area (Å²) in [5, 5.41) is 6.43. The van der Waals surface area contributed by atoms with Gasteiger partial charge in [-0.15, -0.1) is 0 Å². The minimum Gasteiger partial charge on any atom is -0.383 e. The molecule has 1 heterocycles. The molecule has 2 aromatic rings. The maximum absolute atomic E-state index is 13.1. The normalized spacial score (nSPS) is 10.4. The Bertz CT molecular complexity index is 611. The number of aromatic nitrogens is 2. The van der Waals surface area contributed by atoms with Crippen molar-refractivity contribution < 1.29 is 9.18 Å². The maximum Gasteiger partial charge on any atom is 0.261 e. The first-order valence-electron chi connectivity index (χ1n) is 5.03. The molecule has 0 saturated heterocycles. The lowest BCUT2D eigenvalue weighted by molar-refractivity contribution is 0.102. The van der Waals surface area contributed by atoms with Crippen LogP contribution in [0, 0.1) is 5.82 Å². The summed E-state index contributed by atoms with van der Waals surface area (Å²) >= 11 is 3.22. The van der Waals surface area contributed by atoms with E-state index in [1.54, 1.807) is 7.05 Å². The summed E-state index contributed by atoms with van der Waals surface area (Å²) < 4.78 is 15.0. The van der Waals surface area contributed by atoms with Gasteiger partial charge in [-0.1, -0.05) is 0 Å². The van der Waals surface area contributed by atoms with E-state index in [2.05, 4.69) is 26.3 Å². The van der Waals surface area contributed by atoms with Crippen LogP contribution in [0.15, 0.2) is 28.9 Å². The van der Waals surface area contributed by atoms with Crippen molar-refractivity contribution in [3.8, 4) is 0 Å². The minimum atomic E-state index is -0.438. The molecule has 0 aliphatic rings. The van der Waals surface area contributed by atoms with E-state index in [9.17, 15) is 9.18 Å². The molecular weight excluding hydrogens is 303 g/mol. The number of carbonyl (C=O) groups is 1. The topological polar surface area (TPSA) is 72.9 Å². The number of nitrogens with zero attached hydrogens (tertiary/aromatic N) is 2. The van der Waals surface area contributed by atoms with Gasteiger partial charge >= 0.3 is 0 Å². The Balaban J connectivity index is 2.27. The van der Waals surface area contributed by atoms with Crippen LogP contribution in [0.2, 0.25) is 0 Å². The monoisotopic (exact) mass is 312 g/mol. The molecule has 0 atom stereocenters. The van der Waals surface area contributed by atoms with Gasteiger partial charge < -0.3 is 11.1 Å². The molecule has 7 heteroatoms. The number of hydrogen-bond acceptors (Lipinski definition) is 3. The first-order chi connectivity index (χ1) is 8.49. The number of amides is 1. The fraction of sp³-hybridized carbons (Fsp3) is 0.0909. The number of halogens is 2. The van der Waals surface area contributed by atoms with E-state index in [1.165, 1.54) is 29.1 Å². The van der Waals surface area contributed by atoms with Gasteiger partial charge in [0.05, 0.1) is 11.9 Å². The van der Waals surface area contributed by atoms with Crippen molar-refractivity contribution >= 4 is 33.3 Å². The van der Waals surface area contributed by atoms with Crippen molar-refractivity contribution in [2.75, 3.05) is 11.1 Å². The molecular formula is C11H10BrFN4O. The number of hydrogen-bond donors (Lipinski definition) is 2. The number of nitrogen functional groups attached to an aromatic ring is 1. The van der Waals surface area contributed by atoms with Crippen LogP contribution >= 0.6 is 15.9 Å². The molecule has 0 unspecified atom stereocenters. The maximum atomic E-state index is 13.1. The van der Waals surface area contributed by atoms with Crippen LogP contribution in [-0.4, -0.2) is 15.7 Å². The number of aryl methyl sites for hydroxylation is 1. The van der Waals surface area contributed by atoms with Crippen molar-refractivity contribution in [1.29, 1.82) is 0 Å². The summed E-state index contributed by atoms with van der Waals surface area (Å²) in [5.41, 5.74) is 6.26. The van der Waals surface area contributed by atoms with Crippen LogP contribution in [0.25, 0.3) is 0 Å². The van der Waals surface area contributed by atoms with E-state index in [-0.39, 0.29) is 11.4 Å². The summed E-state index contributed by atoms with van der Waals surface area (Å²) in [5.74, 6) is -0.625. The third-order valence-corrected chi connectivity index (χ3v) is 3.10. The molecule has 0 spiro atoms. The molecule has 18 heavy (non-hydrogen) atoms. The average Bonchev–Trinajstić information content (AvgIpc) is 2.65. The molecule has 3 N–H and O–H groups in total. The second kappa shape index (κ2) is 4.77. The minimum absolute atomic E-state index is 0.244. The standard InChI is InChI=1S/C11H10BrFN4O/c1-17-10(14)7(5-15-17)11(18)16-9-4-6(13)2-3-8(9)12/h2-5H,14H2,1H3,(H,16,18). The summed E-state index contributed by atoms with van der Waals surface area (Å²) in [6.45, 7) is 0. The Labute approximate surface area is 111 Å². The van der Waals surface area contributed by atoms with Crippen molar-refractivity contribution in [3.05, 3.63) is 40.2 Å². The Kier molecular flexibility index (Phi) is 3.33. The zero-order valence-electron chi connectivity index (χ0n) is 9.45. The highest BCUT2D eigenvalue weighted by atomic mass is 79.9. The summed E-state index contributed by atoms with van der Waals surface area (Å²) in [6, 6.07) is 4.02. The highest BCUT2D eigenvalue weighted by Crippen LogP contribution is 2.24. The molecule has 1 amide bonds. The Hall–Kier alpha value is -1.89. The number of nitrogens with one attached hydrogen (secondary N) is 1. The van der Waals surface area contributed by atoms with E-state index < -0.39 is 11.7 Å². The second-order valence-corrected chi connectivity index (χ2v) is 4.50. The third kappa shape index (κ3) is 2.35. The van der Waals surface area contributed by atoms with Crippen molar-refractivity contribution in [2.24, 2.45) is 7.05 Å². The van der Waals surface area contributed by atoms with Gasteiger partial charge in [0.1, 0.15) is 17.2 Å². The molecule has 0 saturated carbocycles. The quantitative estimate of drug-likeness (QED) is 0.892. The SMILES string of the molecule is Cn1ncc(C(=O)Nc2cc(F)ccc2Br)c1N. The van der Waals surface area contributed by atoms with Gasteiger partial charge in [0, 0.05) is 11.5 Å². The number of benzene rings is 1. The number of carbonyl (C=O) groups excluding carboxylic acids is 1. The fourth-order valence-corrected chi connectivity index (χ4v) is 1.75. The zero-order valence-corrected chi connectivity index (χ0v) is 11.0. The van der Waals surface area contributed by atoms with Gasteiger partial charge in [0.25, 0.3) is 5.91 Å². The first-order valence-corrected chi connectivity index (χ1v) is 5.82. The van der Waals surface area contributed by atoms with Crippen molar-refractivity contribution in [2.45, 2.75) is 0 Å². The van der Waals surface area contributed by atoms with Gasteiger partial charge in [-0.2, -0.15) is 5.10 Å². The van der Waals surface area contributed by atoms with Gasteiger partial charge in [0.15, 0.2) is 0 Å². The number of anilines is 2. The molecule has 0 fully saturated rings. The van der Waals surface area contributed by atoms with E-state index in [4.69, 9.17) is 5.73 Å². The fourth-order valence-electron chi connectivity index (χ4n) is 1.40. The summed E-state index contributed by atoms with van der Waals surface area (Å²) in [7, 11) is 1.63. The van der Waals surface area contributed by atoms with E-state index in [0.29, 0.717) is 10.2 Å². The van der Waals surface area contributed by atoms with Crippen LogP contribution in [0.5, 0.6) is 0 Å². The third-order valence-electron chi connectivity index (χ3n) is 2.41. The molecule has 0 radical (unpaired) electrons. The molecule has 1 aromatic heterocycles. The summed E-state index contributed by atoms with van der Waals surface area (Å²) in [4.78, 5) is 11.9. The molecule has 0 aliphatic heterocycles. The predicted octanol–water partition coefficient (Wildman–Crippen LogP) is 2.16. The molecule has 94 valence electrons. The van der Waals surface area contributed by atoms with Crippen molar-refractivity contribution in [1.82, 2.24) is 9.78 Å². The molecule has 0 bridgehead atoms. The van der Waals surface area contributed by atoms with Crippen LogP contribution in [0.4, 0.5) is 15.9 Å². The molecule has 0 aliphatic carbocycles. The lowest BCUT2D eigenvalue weighted by Gasteiger charge is -2.07. The highest BCUT2D eigenvalue weighted by Gasteiger charge is 2.15. The average molecular weight is 313 g/mol. The van der Waals surface area contributed by atoms with Gasteiger partial charge in [-0.25, -0.2) is 4.39 Å². The van der Waals surface area contributed by atoms with Gasteiger partial charge in [-0.05, 0) is 34.1 Å². The Morgan fingerprint density at radius 1 is 1.56 bits per heavy atom. The van der Waals surface area contributed by atoms with E-state index >= 15 is 0 Å². The molecule has 5 nitrogen and oxygen atoms in total. The summed E-state index contributed by atoms with van der Waals surface area (Å²) in [6.07, 6.45) is 1.36. The Morgan fingerprint density at radius 3 is 2.89 bits per heavy atom. The van der Waals surface area contributed by atoms with Crippen LogP contribution in [-0.2, 0) is 7.05 Å². The lowest BCUT2D eigenvalue weighted by Crippen LogP contribution is -2.14. The van der Waals surface area contributed by atoms with Gasteiger partial charge in [0.2, 0.25) is 0 Å². The van der Waals surface area contributed by atoms with Crippen LogP contribution in [0.1, 0.15) is 10.4 Å². The van der Waals surface area contributed by atoms with Gasteiger partial charge in [-0.3, -0.25) is 9.48 Å². The number of nitrogens with two attached hydrogens (primary N) is 1. The smallest absolute Gasteiger partial charge is 0.261 e. The molecule has 2 rings (SSSR count). The lowest BCUT2D eigenvalue weighted by atomic mass is 10.2. The van der Waals surface area contributed by atoms with Crippen LogP contribution in [0.3, 0.4) is 0 Å². The number of rotatable bonds is 2. The molecule has 1 aromatic carbocycles. The Morgan fingerprint density at radius 2 is 2.28 bits per heavy atom. The highest BCUT2D eigenvalue weighted by molar-refractivity contribution is 9.10.